The molecule has 0 saturated heterocycles. The maximum atomic E-state index is 13.6. The van der Waals surface area contributed by atoms with Crippen molar-refractivity contribution < 1.29 is 27.8 Å². The fourth-order valence-corrected chi connectivity index (χ4v) is 4.11. The minimum absolute atomic E-state index is 0.0146. The lowest BCUT2D eigenvalue weighted by Gasteiger charge is -2.37. The van der Waals surface area contributed by atoms with Crippen LogP contribution in [0.2, 0.25) is 5.02 Å². The van der Waals surface area contributed by atoms with Crippen molar-refractivity contribution in [1.82, 2.24) is 4.98 Å². The number of para-hydroxylation sites is 1. The largest absolute Gasteiger partial charge is 0.488 e. The Kier molecular flexibility index (Phi) is 6.77. The van der Waals surface area contributed by atoms with Crippen LogP contribution in [-0.4, -0.2) is 49.3 Å². The fraction of sp³-hybridized carbons (Fsp3) is 0.250. The van der Waals surface area contributed by atoms with Gasteiger partial charge in [0.2, 0.25) is 0 Å². The highest BCUT2D eigenvalue weighted by Crippen LogP contribution is 2.43. The number of hydrogen-bond donors (Lipinski definition) is 2. The van der Waals surface area contributed by atoms with Gasteiger partial charge in [0.25, 0.3) is 5.91 Å². The standard InChI is InChI=1S/C24H22ClF3N4O3/c1-31(2)19-9-8-14(11-17(19)24(26,27)28)30-23(34)16-5-3-7-20-21(16)35-13-15(12-33)32(20)22-18(25)6-4-10-29-22/h3-11,15,33H,12-13H2,1-2H3,(H,30,34). The minimum atomic E-state index is -4.60. The Morgan fingerprint density at radius 2 is 2.03 bits per heavy atom. The summed E-state index contributed by atoms with van der Waals surface area (Å²) >= 11 is 6.34. The molecule has 0 radical (unpaired) electrons. The molecular formula is C24H22ClF3N4O3. The predicted molar refractivity (Wildman–Crippen MR) is 128 cm³/mol. The molecule has 4 rings (SSSR count). The van der Waals surface area contributed by atoms with E-state index in [0.29, 0.717) is 16.5 Å². The number of aliphatic hydroxyl groups excluding tert-OH is 1. The molecule has 1 aliphatic rings. The van der Waals surface area contributed by atoms with Crippen LogP contribution in [-0.2, 0) is 6.18 Å². The average Bonchev–Trinajstić information content (AvgIpc) is 2.82. The zero-order valence-corrected chi connectivity index (χ0v) is 19.6. The van der Waals surface area contributed by atoms with Crippen LogP contribution < -0.4 is 19.9 Å². The highest BCUT2D eigenvalue weighted by molar-refractivity contribution is 6.33. The number of benzene rings is 2. The lowest BCUT2D eigenvalue weighted by molar-refractivity contribution is -0.137. The molecule has 3 aromatic rings. The summed E-state index contributed by atoms with van der Waals surface area (Å²) in [7, 11) is 3.02. The number of aromatic nitrogens is 1. The number of hydrogen-bond acceptors (Lipinski definition) is 6. The van der Waals surface area contributed by atoms with Gasteiger partial charge in [0.05, 0.1) is 34.5 Å². The number of halogens is 4. The van der Waals surface area contributed by atoms with Crippen molar-refractivity contribution in [3.8, 4) is 5.75 Å². The Labute approximate surface area is 204 Å². The summed E-state index contributed by atoms with van der Waals surface area (Å²) < 4.78 is 46.6. The quantitative estimate of drug-likeness (QED) is 0.509. The van der Waals surface area contributed by atoms with Crippen LogP contribution in [0.4, 0.5) is 36.1 Å². The van der Waals surface area contributed by atoms with Crippen molar-refractivity contribution in [3.63, 3.8) is 0 Å². The Bertz CT molecular complexity index is 1250. The number of nitrogens with zero attached hydrogens (tertiary/aromatic N) is 3. The van der Waals surface area contributed by atoms with Gasteiger partial charge in [0.15, 0.2) is 11.6 Å². The van der Waals surface area contributed by atoms with Crippen LogP contribution in [0.15, 0.2) is 54.7 Å². The van der Waals surface area contributed by atoms with Gasteiger partial charge in [-0.25, -0.2) is 4.98 Å². The van der Waals surface area contributed by atoms with E-state index < -0.39 is 23.7 Å². The van der Waals surface area contributed by atoms with Gasteiger partial charge in [-0.05, 0) is 42.5 Å². The summed E-state index contributed by atoms with van der Waals surface area (Å²) in [6.45, 7) is -0.225. The third-order valence-electron chi connectivity index (χ3n) is 5.50. The van der Waals surface area contributed by atoms with Crippen molar-refractivity contribution in [3.05, 3.63) is 70.9 Å². The molecule has 0 fully saturated rings. The van der Waals surface area contributed by atoms with E-state index in [9.17, 15) is 23.1 Å². The van der Waals surface area contributed by atoms with Gasteiger partial charge in [-0.3, -0.25) is 4.79 Å². The van der Waals surface area contributed by atoms with E-state index in [4.69, 9.17) is 16.3 Å². The van der Waals surface area contributed by atoms with Gasteiger partial charge in [-0.15, -0.1) is 0 Å². The second-order valence-corrected chi connectivity index (χ2v) is 8.47. The van der Waals surface area contributed by atoms with Gasteiger partial charge < -0.3 is 25.0 Å². The maximum absolute atomic E-state index is 13.6. The molecule has 0 bridgehead atoms. The second-order valence-electron chi connectivity index (χ2n) is 8.06. The van der Waals surface area contributed by atoms with E-state index in [2.05, 4.69) is 10.3 Å². The smallest absolute Gasteiger partial charge is 0.418 e. The summed E-state index contributed by atoms with van der Waals surface area (Å²) in [5.41, 5.74) is -0.342. The molecule has 35 heavy (non-hydrogen) atoms. The first-order valence-corrected chi connectivity index (χ1v) is 11.0. The monoisotopic (exact) mass is 506 g/mol. The summed E-state index contributed by atoms with van der Waals surface area (Å²) in [6, 6.07) is 11.2. The van der Waals surface area contributed by atoms with E-state index in [1.807, 2.05) is 0 Å². The third kappa shape index (κ3) is 4.85. The van der Waals surface area contributed by atoms with E-state index in [0.717, 1.165) is 6.07 Å². The van der Waals surface area contributed by atoms with E-state index in [1.165, 1.54) is 37.2 Å². The first kappa shape index (κ1) is 24.6. The van der Waals surface area contributed by atoms with Crippen molar-refractivity contribution >= 4 is 40.4 Å². The first-order chi connectivity index (χ1) is 16.6. The third-order valence-corrected chi connectivity index (χ3v) is 5.80. The van der Waals surface area contributed by atoms with Gasteiger partial charge >= 0.3 is 6.18 Å². The summed E-state index contributed by atoms with van der Waals surface area (Å²) in [6.07, 6.45) is -3.05. The molecule has 1 atom stereocenters. The van der Waals surface area contributed by atoms with Crippen molar-refractivity contribution in [2.24, 2.45) is 0 Å². The molecule has 0 spiro atoms. The molecule has 1 amide bonds. The number of fused-ring (bicyclic) bond motifs is 1. The number of aliphatic hydroxyl groups is 1. The molecule has 1 unspecified atom stereocenters. The van der Waals surface area contributed by atoms with Gasteiger partial charge in [0.1, 0.15) is 6.61 Å². The Morgan fingerprint density at radius 1 is 1.26 bits per heavy atom. The normalized spacial score (nSPS) is 15.3. The molecule has 1 aromatic heterocycles. The van der Waals surface area contributed by atoms with Crippen LogP contribution >= 0.6 is 11.6 Å². The molecule has 0 aliphatic carbocycles. The minimum Gasteiger partial charge on any atom is -0.488 e. The highest BCUT2D eigenvalue weighted by atomic mass is 35.5. The lowest BCUT2D eigenvalue weighted by Crippen LogP contribution is -2.43. The van der Waals surface area contributed by atoms with Crippen molar-refractivity contribution in [1.29, 1.82) is 0 Å². The number of rotatable bonds is 5. The molecule has 11 heteroatoms. The lowest BCUT2D eigenvalue weighted by atomic mass is 10.1. The predicted octanol–water partition coefficient (Wildman–Crippen LogP) is 4.96. The van der Waals surface area contributed by atoms with E-state index in [1.54, 1.807) is 35.4 Å². The molecule has 2 N–H and O–H groups in total. The summed E-state index contributed by atoms with van der Waals surface area (Å²) in [4.78, 5) is 20.5. The topological polar surface area (TPSA) is 77.9 Å². The summed E-state index contributed by atoms with van der Waals surface area (Å²) in [5.74, 6) is -0.0658. The van der Waals surface area contributed by atoms with Crippen LogP contribution in [0.1, 0.15) is 15.9 Å². The molecule has 184 valence electrons. The van der Waals surface area contributed by atoms with Crippen LogP contribution in [0.5, 0.6) is 5.75 Å². The number of ether oxygens (including phenoxy) is 1. The number of carbonyl (C=O) groups excluding carboxylic acids is 1. The van der Waals surface area contributed by atoms with Crippen molar-refractivity contribution in [2.45, 2.75) is 12.2 Å². The molecule has 0 saturated carbocycles. The molecular weight excluding hydrogens is 485 g/mol. The SMILES string of the molecule is CN(C)c1ccc(NC(=O)c2cccc3c2OCC(CO)N3c2ncccc2Cl)cc1C(F)(F)F. The highest BCUT2D eigenvalue weighted by Gasteiger charge is 2.35. The zero-order valence-electron chi connectivity index (χ0n) is 18.8. The van der Waals surface area contributed by atoms with Crippen molar-refractivity contribution in [2.75, 3.05) is 42.4 Å². The van der Waals surface area contributed by atoms with Crippen LogP contribution in [0.3, 0.4) is 0 Å². The first-order valence-electron chi connectivity index (χ1n) is 10.6. The number of pyridine rings is 1. The van der Waals surface area contributed by atoms with E-state index >= 15 is 0 Å². The molecule has 2 aromatic carbocycles. The number of carbonyl (C=O) groups is 1. The average molecular weight is 507 g/mol. The maximum Gasteiger partial charge on any atom is 0.418 e. The number of alkyl halides is 3. The number of anilines is 4. The zero-order chi connectivity index (χ0) is 25.3. The summed E-state index contributed by atoms with van der Waals surface area (Å²) in [5, 5.41) is 12.8. The van der Waals surface area contributed by atoms with Gasteiger partial charge in [-0.2, -0.15) is 13.2 Å². The van der Waals surface area contributed by atoms with Crippen LogP contribution in [0, 0.1) is 0 Å². The second kappa shape index (κ2) is 9.63. The van der Waals surface area contributed by atoms with Crippen LogP contribution in [0.25, 0.3) is 0 Å². The molecule has 1 aliphatic heterocycles. The Hall–Kier alpha value is -3.50. The Balaban J connectivity index is 1.71. The number of nitrogens with one attached hydrogen (secondary N) is 1. The van der Waals surface area contributed by atoms with Gasteiger partial charge in [-0.1, -0.05) is 17.7 Å². The van der Waals surface area contributed by atoms with E-state index in [-0.39, 0.29) is 35.9 Å². The Morgan fingerprint density at radius 3 is 2.69 bits per heavy atom. The fourth-order valence-electron chi connectivity index (χ4n) is 3.90. The van der Waals surface area contributed by atoms with Gasteiger partial charge in [0, 0.05) is 31.7 Å². The molecule has 7 nitrogen and oxygen atoms in total. The molecule has 2 heterocycles. The number of amides is 1.